The van der Waals surface area contributed by atoms with E-state index < -0.39 is 17.4 Å². The molecule has 1 aromatic rings. The first-order valence-corrected chi connectivity index (χ1v) is 4.24. The van der Waals surface area contributed by atoms with Crippen LogP contribution in [0.25, 0.3) is 0 Å². The minimum absolute atomic E-state index is 0.0424. The minimum atomic E-state index is -1.06. The maximum absolute atomic E-state index is 12.9. The Morgan fingerprint density at radius 3 is 2.64 bits per heavy atom. The maximum Gasteiger partial charge on any atom is 0.223 e. The standard InChI is InChI=1S/C10H4ClFO2/c11-6-3-1-2-5-8(13)4-7(12)10(14)9(5)6/h1-4H. The Morgan fingerprint density at radius 1 is 1.21 bits per heavy atom. The van der Waals surface area contributed by atoms with Crippen molar-refractivity contribution in [1.82, 2.24) is 0 Å². The van der Waals surface area contributed by atoms with Crippen molar-refractivity contribution in [3.05, 3.63) is 46.3 Å². The summed E-state index contributed by atoms with van der Waals surface area (Å²) in [5, 5.41) is 0.101. The van der Waals surface area contributed by atoms with Crippen LogP contribution in [0, 0.1) is 0 Å². The quantitative estimate of drug-likeness (QED) is 0.660. The second kappa shape index (κ2) is 3.03. The molecule has 14 heavy (non-hydrogen) atoms. The van der Waals surface area contributed by atoms with E-state index in [1.54, 1.807) is 6.07 Å². The van der Waals surface area contributed by atoms with Gasteiger partial charge in [-0.3, -0.25) is 9.59 Å². The van der Waals surface area contributed by atoms with Crippen molar-refractivity contribution in [1.29, 1.82) is 0 Å². The van der Waals surface area contributed by atoms with Gasteiger partial charge in [0.25, 0.3) is 0 Å². The van der Waals surface area contributed by atoms with Gasteiger partial charge in [-0.05, 0) is 6.07 Å². The lowest BCUT2D eigenvalue weighted by Gasteiger charge is -2.11. The van der Waals surface area contributed by atoms with E-state index in [-0.39, 0.29) is 16.1 Å². The summed E-state index contributed by atoms with van der Waals surface area (Å²) in [6.07, 6.45) is 0.682. The summed E-state index contributed by atoms with van der Waals surface area (Å²) in [6, 6.07) is 4.44. The molecule has 2 nitrogen and oxygen atoms in total. The molecule has 4 heteroatoms. The van der Waals surface area contributed by atoms with Crippen LogP contribution in [-0.4, -0.2) is 11.6 Å². The highest BCUT2D eigenvalue weighted by molar-refractivity contribution is 6.37. The van der Waals surface area contributed by atoms with Gasteiger partial charge in [0.1, 0.15) is 0 Å². The lowest BCUT2D eigenvalue weighted by Crippen LogP contribution is -2.15. The SMILES string of the molecule is O=C1C=C(F)C(=O)c2c(Cl)cccc21. The number of fused-ring (bicyclic) bond motifs is 1. The van der Waals surface area contributed by atoms with E-state index in [2.05, 4.69) is 0 Å². The fourth-order valence-electron chi connectivity index (χ4n) is 1.34. The number of halogens is 2. The lowest BCUT2D eigenvalue weighted by atomic mass is 9.94. The molecule has 0 saturated carbocycles. The van der Waals surface area contributed by atoms with E-state index >= 15 is 0 Å². The summed E-state index contributed by atoms with van der Waals surface area (Å²) < 4.78 is 12.9. The minimum Gasteiger partial charge on any atom is -0.289 e. The normalized spacial score (nSPS) is 15.1. The second-order valence-corrected chi connectivity index (χ2v) is 3.26. The molecule has 1 aliphatic rings. The zero-order valence-corrected chi connectivity index (χ0v) is 7.64. The van der Waals surface area contributed by atoms with Gasteiger partial charge in [-0.2, -0.15) is 0 Å². The van der Waals surface area contributed by atoms with Gasteiger partial charge in [0.2, 0.25) is 5.78 Å². The fraction of sp³-hybridized carbons (Fsp3) is 0. The molecule has 1 aliphatic carbocycles. The molecule has 2 rings (SSSR count). The van der Waals surface area contributed by atoms with Crippen molar-refractivity contribution in [2.45, 2.75) is 0 Å². The van der Waals surface area contributed by atoms with Crippen LogP contribution in [0.3, 0.4) is 0 Å². The molecule has 0 aliphatic heterocycles. The molecule has 0 saturated heterocycles. The van der Waals surface area contributed by atoms with Crippen LogP contribution >= 0.6 is 11.6 Å². The molecule has 0 aromatic heterocycles. The molecule has 0 N–H and O–H groups in total. The van der Waals surface area contributed by atoms with Gasteiger partial charge in [0, 0.05) is 11.6 Å². The van der Waals surface area contributed by atoms with Crippen LogP contribution < -0.4 is 0 Å². The first-order valence-electron chi connectivity index (χ1n) is 3.86. The highest BCUT2D eigenvalue weighted by Gasteiger charge is 2.27. The zero-order chi connectivity index (χ0) is 10.3. The predicted octanol–water partition coefficient (Wildman–Crippen LogP) is 2.57. The summed E-state index contributed by atoms with van der Waals surface area (Å²) in [5.41, 5.74) is 0.114. The number of hydrogen-bond acceptors (Lipinski definition) is 2. The number of rotatable bonds is 0. The molecular formula is C10H4ClFO2. The number of carbonyl (C=O) groups is 2. The summed E-state index contributed by atoms with van der Waals surface area (Å²) >= 11 is 5.70. The molecule has 0 heterocycles. The van der Waals surface area contributed by atoms with Gasteiger partial charge < -0.3 is 0 Å². The number of ketones is 2. The van der Waals surface area contributed by atoms with Gasteiger partial charge in [-0.1, -0.05) is 23.7 Å². The van der Waals surface area contributed by atoms with Crippen molar-refractivity contribution in [3.8, 4) is 0 Å². The Kier molecular flexibility index (Phi) is 1.97. The Bertz CT molecular complexity index is 477. The van der Waals surface area contributed by atoms with E-state index in [1.807, 2.05) is 0 Å². The molecule has 0 spiro atoms. The van der Waals surface area contributed by atoms with Crippen molar-refractivity contribution >= 4 is 23.2 Å². The van der Waals surface area contributed by atoms with E-state index in [0.717, 1.165) is 0 Å². The molecule has 0 fully saturated rings. The van der Waals surface area contributed by atoms with Crippen LogP contribution in [0.1, 0.15) is 20.7 Å². The number of allylic oxidation sites excluding steroid dienone is 2. The first-order chi connectivity index (χ1) is 6.61. The summed E-state index contributed by atoms with van der Waals surface area (Å²) in [6.45, 7) is 0. The molecule has 1 aromatic carbocycles. The van der Waals surface area contributed by atoms with Crippen molar-refractivity contribution < 1.29 is 14.0 Å². The van der Waals surface area contributed by atoms with E-state index in [1.165, 1.54) is 12.1 Å². The Balaban J connectivity index is 2.76. The van der Waals surface area contributed by atoms with Crippen molar-refractivity contribution in [2.75, 3.05) is 0 Å². The third-order valence-electron chi connectivity index (χ3n) is 1.98. The number of hydrogen-bond donors (Lipinski definition) is 0. The molecular weight excluding hydrogens is 207 g/mol. The highest BCUT2D eigenvalue weighted by Crippen LogP contribution is 2.27. The third-order valence-corrected chi connectivity index (χ3v) is 2.30. The molecule has 70 valence electrons. The summed E-state index contributed by atoms with van der Waals surface area (Å²) in [4.78, 5) is 22.6. The number of carbonyl (C=O) groups excluding carboxylic acids is 2. The summed E-state index contributed by atoms with van der Waals surface area (Å²) in [5.74, 6) is -2.42. The molecule has 0 unspecified atom stereocenters. The first kappa shape index (κ1) is 9.09. The topological polar surface area (TPSA) is 34.1 Å². The van der Waals surface area contributed by atoms with Crippen LogP contribution in [0.15, 0.2) is 30.1 Å². The van der Waals surface area contributed by atoms with Gasteiger partial charge in [0.05, 0.1) is 10.6 Å². The molecule has 0 amide bonds. The van der Waals surface area contributed by atoms with Gasteiger partial charge in [0.15, 0.2) is 11.6 Å². The zero-order valence-electron chi connectivity index (χ0n) is 6.88. The van der Waals surface area contributed by atoms with Gasteiger partial charge in [-0.25, -0.2) is 4.39 Å². The van der Waals surface area contributed by atoms with Gasteiger partial charge in [-0.15, -0.1) is 0 Å². The molecule has 0 bridgehead atoms. The monoisotopic (exact) mass is 210 g/mol. The van der Waals surface area contributed by atoms with E-state index in [4.69, 9.17) is 11.6 Å². The van der Waals surface area contributed by atoms with Gasteiger partial charge >= 0.3 is 0 Å². The number of benzene rings is 1. The van der Waals surface area contributed by atoms with Crippen molar-refractivity contribution in [2.24, 2.45) is 0 Å². The molecule has 0 atom stereocenters. The Labute approximate surface area is 84.0 Å². The van der Waals surface area contributed by atoms with Crippen LogP contribution in [0.2, 0.25) is 5.02 Å². The lowest BCUT2D eigenvalue weighted by molar-refractivity contribution is 0.0963. The van der Waals surface area contributed by atoms with E-state index in [0.29, 0.717) is 6.08 Å². The van der Waals surface area contributed by atoms with Crippen LogP contribution in [0.5, 0.6) is 0 Å². The Hall–Kier alpha value is -1.48. The fourth-order valence-corrected chi connectivity index (χ4v) is 1.60. The number of Topliss-reactive ketones (excluding diaryl/α,β-unsaturated/α-hetero) is 1. The predicted molar refractivity (Wildman–Crippen MR) is 49.3 cm³/mol. The van der Waals surface area contributed by atoms with Crippen molar-refractivity contribution in [3.63, 3.8) is 0 Å². The highest BCUT2D eigenvalue weighted by atomic mass is 35.5. The van der Waals surface area contributed by atoms with Crippen LogP contribution in [-0.2, 0) is 0 Å². The largest absolute Gasteiger partial charge is 0.289 e. The summed E-state index contributed by atoms with van der Waals surface area (Å²) in [7, 11) is 0. The Morgan fingerprint density at radius 2 is 1.93 bits per heavy atom. The smallest absolute Gasteiger partial charge is 0.223 e. The average molecular weight is 211 g/mol. The van der Waals surface area contributed by atoms with Crippen LogP contribution in [0.4, 0.5) is 4.39 Å². The van der Waals surface area contributed by atoms with E-state index in [9.17, 15) is 14.0 Å². The third kappa shape index (κ3) is 1.17. The average Bonchev–Trinajstić information content (AvgIpc) is 2.14. The molecule has 0 radical (unpaired) electrons. The maximum atomic E-state index is 12.9. The second-order valence-electron chi connectivity index (χ2n) is 2.85.